The lowest BCUT2D eigenvalue weighted by molar-refractivity contribution is 0.203. The van der Waals surface area contributed by atoms with Gasteiger partial charge in [0.05, 0.1) is 16.4 Å². The quantitative estimate of drug-likeness (QED) is 0.926. The molecule has 0 saturated heterocycles. The predicted octanol–water partition coefficient (Wildman–Crippen LogP) is 2.71. The number of hydrogen-bond acceptors (Lipinski definition) is 2. The molecule has 0 aliphatic rings. The van der Waals surface area contributed by atoms with Crippen molar-refractivity contribution < 1.29 is 9.50 Å². The molecule has 0 fully saturated rings. The molecular formula is C12H12BrFN2O. The second-order valence-corrected chi connectivity index (χ2v) is 4.74. The van der Waals surface area contributed by atoms with Crippen LogP contribution in [-0.4, -0.2) is 14.9 Å². The van der Waals surface area contributed by atoms with E-state index in [1.807, 2.05) is 0 Å². The fourth-order valence-electron chi connectivity index (χ4n) is 1.76. The first-order chi connectivity index (χ1) is 8.02. The van der Waals surface area contributed by atoms with Crippen LogP contribution >= 0.6 is 15.9 Å². The van der Waals surface area contributed by atoms with Crippen LogP contribution in [0, 0.1) is 12.7 Å². The van der Waals surface area contributed by atoms with Gasteiger partial charge in [0.25, 0.3) is 0 Å². The number of aryl methyl sites for hydroxylation is 2. The highest BCUT2D eigenvalue weighted by atomic mass is 79.9. The first-order valence-electron chi connectivity index (χ1n) is 5.13. The molecule has 3 nitrogen and oxygen atoms in total. The lowest BCUT2D eigenvalue weighted by Gasteiger charge is -2.14. The third-order valence-electron chi connectivity index (χ3n) is 2.71. The molecule has 2 aromatic rings. The Bertz CT molecular complexity index is 534. The fourth-order valence-corrected chi connectivity index (χ4v) is 2.32. The third-order valence-corrected chi connectivity index (χ3v) is 3.32. The molecule has 1 aromatic carbocycles. The van der Waals surface area contributed by atoms with Crippen LogP contribution in [0.2, 0.25) is 0 Å². The van der Waals surface area contributed by atoms with Gasteiger partial charge in [-0.1, -0.05) is 18.2 Å². The number of nitrogens with zero attached hydrogens (tertiary/aromatic N) is 2. The van der Waals surface area contributed by atoms with Crippen LogP contribution in [0.1, 0.15) is 22.9 Å². The van der Waals surface area contributed by atoms with Gasteiger partial charge in [-0.25, -0.2) is 4.39 Å². The van der Waals surface area contributed by atoms with Gasteiger partial charge < -0.3 is 5.11 Å². The Balaban J connectivity index is 2.51. The third kappa shape index (κ3) is 2.12. The molecule has 1 N–H and O–H groups in total. The Kier molecular flexibility index (Phi) is 3.31. The standard InChI is InChI=1S/C12H12BrFN2O/c1-7-4-3-5-8(10(7)14)12(17)11-9(13)6-15-16(11)2/h3-6,12,17H,1-2H3. The van der Waals surface area contributed by atoms with Gasteiger partial charge in [-0.2, -0.15) is 5.10 Å². The SMILES string of the molecule is Cc1cccc(C(O)c2c(Br)cnn2C)c1F. The largest absolute Gasteiger partial charge is 0.382 e. The van der Waals surface area contributed by atoms with E-state index in [9.17, 15) is 9.50 Å². The summed E-state index contributed by atoms with van der Waals surface area (Å²) >= 11 is 3.29. The second kappa shape index (κ2) is 4.58. The van der Waals surface area contributed by atoms with Gasteiger partial charge in [0.1, 0.15) is 11.9 Å². The highest BCUT2D eigenvalue weighted by Gasteiger charge is 2.21. The van der Waals surface area contributed by atoms with Crippen molar-refractivity contribution in [3.8, 4) is 0 Å². The highest BCUT2D eigenvalue weighted by Crippen LogP contribution is 2.30. The minimum absolute atomic E-state index is 0.259. The molecule has 0 radical (unpaired) electrons. The van der Waals surface area contributed by atoms with Crippen LogP contribution in [-0.2, 0) is 7.05 Å². The number of rotatable bonds is 2. The Morgan fingerprint density at radius 3 is 2.76 bits per heavy atom. The zero-order valence-electron chi connectivity index (χ0n) is 9.48. The average molecular weight is 299 g/mol. The van der Waals surface area contributed by atoms with Crippen molar-refractivity contribution in [3.05, 3.63) is 51.5 Å². The van der Waals surface area contributed by atoms with Gasteiger partial charge in [0, 0.05) is 12.6 Å². The smallest absolute Gasteiger partial charge is 0.132 e. The lowest BCUT2D eigenvalue weighted by atomic mass is 10.0. The molecule has 0 amide bonds. The second-order valence-electron chi connectivity index (χ2n) is 3.88. The monoisotopic (exact) mass is 298 g/mol. The van der Waals surface area contributed by atoms with E-state index in [0.29, 0.717) is 15.7 Å². The van der Waals surface area contributed by atoms with Crippen molar-refractivity contribution in [2.45, 2.75) is 13.0 Å². The van der Waals surface area contributed by atoms with E-state index in [2.05, 4.69) is 21.0 Å². The molecule has 2 rings (SSSR count). The molecule has 0 spiro atoms. The summed E-state index contributed by atoms with van der Waals surface area (Å²) in [4.78, 5) is 0. The summed E-state index contributed by atoms with van der Waals surface area (Å²) in [5.74, 6) is -0.381. The van der Waals surface area contributed by atoms with E-state index in [-0.39, 0.29) is 11.4 Å². The number of benzene rings is 1. The maximum absolute atomic E-state index is 13.9. The van der Waals surface area contributed by atoms with Crippen molar-refractivity contribution in [3.63, 3.8) is 0 Å². The molecule has 0 aliphatic carbocycles. The van der Waals surface area contributed by atoms with Crippen molar-refractivity contribution in [1.82, 2.24) is 9.78 Å². The van der Waals surface area contributed by atoms with Gasteiger partial charge in [0.15, 0.2) is 0 Å². The minimum Gasteiger partial charge on any atom is -0.382 e. The average Bonchev–Trinajstić information content (AvgIpc) is 2.62. The minimum atomic E-state index is -1.03. The van der Waals surface area contributed by atoms with E-state index in [1.54, 1.807) is 38.4 Å². The van der Waals surface area contributed by atoms with E-state index >= 15 is 0 Å². The van der Waals surface area contributed by atoms with E-state index in [1.165, 1.54) is 4.68 Å². The maximum Gasteiger partial charge on any atom is 0.132 e. The van der Waals surface area contributed by atoms with Crippen LogP contribution in [0.5, 0.6) is 0 Å². The first kappa shape index (κ1) is 12.3. The normalized spacial score (nSPS) is 12.8. The van der Waals surface area contributed by atoms with Gasteiger partial charge >= 0.3 is 0 Å². The topological polar surface area (TPSA) is 38.1 Å². The molecule has 1 unspecified atom stereocenters. The number of hydrogen-bond donors (Lipinski definition) is 1. The summed E-state index contributed by atoms with van der Waals surface area (Å²) in [7, 11) is 1.71. The molecule has 1 aromatic heterocycles. The number of aromatic nitrogens is 2. The van der Waals surface area contributed by atoms with Crippen molar-refractivity contribution in [2.75, 3.05) is 0 Å². The molecule has 90 valence electrons. The van der Waals surface area contributed by atoms with Crippen molar-refractivity contribution >= 4 is 15.9 Å². The van der Waals surface area contributed by atoms with E-state index < -0.39 is 6.10 Å². The summed E-state index contributed by atoms with van der Waals surface area (Å²) in [6, 6.07) is 4.97. The van der Waals surface area contributed by atoms with E-state index in [4.69, 9.17) is 0 Å². The first-order valence-corrected chi connectivity index (χ1v) is 5.92. The van der Waals surface area contributed by atoms with Crippen LogP contribution in [0.15, 0.2) is 28.9 Å². The highest BCUT2D eigenvalue weighted by molar-refractivity contribution is 9.10. The summed E-state index contributed by atoms with van der Waals surface area (Å²) in [6.07, 6.45) is 0.545. The zero-order chi connectivity index (χ0) is 12.6. The van der Waals surface area contributed by atoms with Gasteiger partial charge in [-0.3, -0.25) is 4.68 Å². The molecule has 17 heavy (non-hydrogen) atoms. The van der Waals surface area contributed by atoms with Gasteiger partial charge in [-0.05, 0) is 28.4 Å². The summed E-state index contributed by atoms with van der Waals surface area (Å²) < 4.78 is 16.1. The molecule has 0 aliphatic heterocycles. The zero-order valence-corrected chi connectivity index (χ0v) is 11.1. The fraction of sp³-hybridized carbons (Fsp3) is 0.250. The number of halogens is 2. The summed E-state index contributed by atoms with van der Waals surface area (Å²) in [6.45, 7) is 1.67. The predicted molar refractivity (Wildman–Crippen MR) is 66.1 cm³/mol. The Labute approximate surface area is 107 Å². The molecule has 0 saturated carbocycles. The van der Waals surface area contributed by atoms with Crippen LogP contribution in [0.4, 0.5) is 4.39 Å². The van der Waals surface area contributed by atoms with E-state index in [0.717, 1.165) is 0 Å². The van der Waals surface area contributed by atoms with Crippen LogP contribution in [0.25, 0.3) is 0 Å². The molecule has 1 atom stereocenters. The maximum atomic E-state index is 13.9. The van der Waals surface area contributed by atoms with Gasteiger partial charge in [0.2, 0.25) is 0 Å². The van der Waals surface area contributed by atoms with Gasteiger partial charge in [-0.15, -0.1) is 0 Å². The van der Waals surface area contributed by atoms with Crippen LogP contribution in [0.3, 0.4) is 0 Å². The number of aliphatic hydroxyl groups is 1. The Morgan fingerprint density at radius 2 is 2.18 bits per heavy atom. The van der Waals surface area contributed by atoms with Crippen molar-refractivity contribution in [2.24, 2.45) is 7.05 Å². The molecule has 5 heteroatoms. The molecular weight excluding hydrogens is 287 g/mol. The molecule has 1 heterocycles. The van der Waals surface area contributed by atoms with Crippen LogP contribution < -0.4 is 0 Å². The molecule has 0 bridgehead atoms. The number of aliphatic hydroxyl groups excluding tert-OH is 1. The van der Waals surface area contributed by atoms with Crippen molar-refractivity contribution in [1.29, 1.82) is 0 Å². The summed E-state index contributed by atoms with van der Waals surface area (Å²) in [5, 5.41) is 14.2. The Morgan fingerprint density at radius 1 is 1.47 bits per heavy atom. The Hall–Kier alpha value is -1.20. The summed E-state index contributed by atoms with van der Waals surface area (Å²) in [5.41, 5.74) is 1.31. The lowest BCUT2D eigenvalue weighted by Crippen LogP contribution is -2.09.